The number of alkyl halides is 1. The van der Waals surface area contributed by atoms with Crippen molar-refractivity contribution in [3.63, 3.8) is 0 Å². The fourth-order valence-electron chi connectivity index (χ4n) is 3.71. The summed E-state index contributed by atoms with van der Waals surface area (Å²) in [5, 5.41) is 0. The molecule has 1 amide bonds. The van der Waals surface area contributed by atoms with E-state index in [4.69, 9.17) is 10.5 Å². The number of amides is 1. The molecule has 148 valence electrons. The highest BCUT2D eigenvalue weighted by Crippen LogP contribution is 2.26. The zero-order valence-electron chi connectivity index (χ0n) is 15.7. The molecular weight excluding hydrogens is 359 g/mol. The first-order valence-corrected chi connectivity index (χ1v) is 9.59. The van der Waals surface area contributed by atoms with Crippen LogP contribution in [-0.4, -0.2) is 56.1 Å². The molecule has 0 aromatic heterocycles. The minimum absolute atomic E-state index is 0.267. The molecule has 0 aliphatic carbocycles. The number of rotatable bonds is 5. The molecule has 28 heavy (non-hydrogen) atoms. The van der Waals surface area contributed by atoms with Crippen LogP contribution in [0.15, 0.2) is 54.6 Å². The van der Waals surface area contributed by atoms with Crippen LogP contribution in [0.1, 0.15) is 5.56 Å². The fourth-order valence-corrected chi connectivity index (χ4v) is 3.71. The van der Waals surface area contributed by atoms with Crippen LogP contribution in [0.5, 0.6) is 0 Å². The van der Waals surface area contributed by atoms with Gasteiger partial charge >= 0.3 is 6.09 Å². The Kier molecular flexibility index (Phi) is 5.45. The number of ether oxygens (including phenoxy) is 1. The number of hydrogen-bond donors (Lipinski definition) is 1. The molecule has 2 N–H and O–H groups in total. The normalized spacial score (nSPS) is 23.1. The predicted octanol–water partition coefficient (Wildman–Crippen LogP) is 2.59. The van der Waals surface area contributed by atoms with Gasteiger partial charge in [-0.3, -0.25) is 9.80 Å². The summed E-state index contributed by atoms with van der Waals surface area (Å²) in [6, 6.07) is 17.6. The largest absolute Gasteiger partial charge is 0.443 e. The van der Waals surface area contributed by atoms with Gasteiger partial charge < -0.3 is 15.4 Å². The molecule has 6 nitrogen and oxygen atoms in total. The molecule has 2 aromatic carbocycles. The van der Waals surface area contributed by atoms with Crippen molar-refractivity contribution < 1.29 is 13.9 Å². The van der Waals surface area contributed by atoms with Gasteiger partial charge in [0.05, 0.1) is 13.1 Å². The Bertz CT molecular complexity index is 802. The number of nitrogens with two attached hydrogens (primary N) is 1. The Morgan fingerprint density at radius 2 is 1.71 bits per heavy atom. The molecule has 0 saturated carbocycles. The first kappa shape index (κ1) is 18.7. The highest BCUT2D eigenvalue weighted by atomic mass is 19.1. The molecule has 2 unspecified atom stereocenters. The lowest BCUT2D eigenvalue weighted by Crippen LogP contribution is -2.50. The predicted molar refractivity (Wildman–Crippen MR) is 107 cm³/mol. The third-order valence-corrected chi connectivity index (χ3v) is 5.32. The number of hydrogen-bond acceptors (Lipinski definition) is 5. The van der Waals surface area contributed by atoms with Crippen molar-refractivity contribution in [3.8, 4) is 0 Å². The number of nitrogens with zero attached hydrogens (tertiary/aromatic N) is 3. The van der Waals surface area contributed by atoms with Crippen molar-refractivity contribution in [3.05, 3.63) is 60.2 Å². The van der Waals surface area contributed by atoms with E-state index in [-0.39, 0.29) is 12.2 Å². The molecule has 7 heteroatoms. The summed E-state index contributed by atoms with van der Waals surface area (Å²) in [5.74, 6) is 0. The SMILES string of the molecule is NCC1CN(c2ccc(N3CCN(Cc4ccccc4)C(F)C3)cc2)C(=O)O1. The summed E-state index contributed by atoms with van der Waals surface area (Å²) in [6.07, 6.45) is -1.66. The van der Waals surface area contributed by atoms with Crippen molar-refractivity contribution in [1.29, 1.82) is 0 Å². The fraction of sp³-hybridized carbons (Fsp3) is 0.381. The van der Waals surface area contributed by atoms with Gasteiger partial charge in [-0.05, 0) is 29.8 Å². The summed E-state index contributed by atoms with van der Waals surface area (Å²) in [4.78, 5) is 17.4. The van der Waals surface area contributed by atoms with E-state index in [1.165, 1.54) is 0 Å². The standard InChI is InChI=1S/C21H25FN4O2/c22-20-15-24(10-11-25(20)13-16-4-2-1-3-5-16)17-6-8-18(9-7-17)26-14-19(12-23)28-21(26)27/h1-9,19-20H,10-15,23H2. The lowest BCUT2D eigenvalue weighted by molar-refractivity contribution is 0.0635. The quantitative estimate of drug-likeness (QED) is 0.803. The van der Waals surface area contributed by atoms with E-state index in [0.29, 0.717) is 32.7 Å². The van der Waals surface area contributed by atoms with Gasteiger partial charge in [-0.15, -0.1) is 0 Å². The highest BCUT2D eigenvalue weighted by molar-refractivity contribution is 5.90. The third-order valence-electron chi connectivity index (χ3n) is 5.32. The Hall–Kier alpha value is -2.64. The second-order valence-electron chi connectivity index (χ2n) is 7.21. The van der Waals surface area contributed by atoms with Gasteiger partial charge in [0.15, 0.2) is 6.30 Å². The third kappa shape index (κ3) is 3.95. The molecule has 0 bridgehead atoms. The molecule has 0 radical (unpaired) electrons. The molecule has 2 heterocycles. The number of cyclic esters (lactones) is 1. The minimum Gasteiger partial charge on any atom is -0.443 e. The van der Waals surface area contributed by atoms with Gasteiger partial charge in [0.2, 0.25) is 0 Å². The molecule has 2 aromatic rings. The number of piperazine rings is 1. The number of halogens is 1. The van der Waals surface area contributed by atoms with Crippen LogP contribution in [-0.2, 0) is 11.3 Å². The van der Waals surface area contributed by atoms with Crippen LogP contribution in [0.2, 0.25) is 0 Å². The van der Waals surface area contributed by atoms with Crippen molar-refractivity contribution in [1.82, 2.24) is 4.90 Å². The average Bonchev–Trinajstić information content (AvgIpc) is 3.11. The van der Waals surface area contributed by atoms with Crippen molar-refractivity contribution in [2.75, 3.05) is 42.5 Å². The number of carbonyl (C=O) groups excluding carboxylic acids is 1. The second kappa shape index (κ2) is 8.16. The van der Waals surface area contributed by atoms with E-state index >= 15 is 0 Å². The van der Waals surface area contributed by atoms with E-state index < -0.39 is 6.30 Å². The van der Waals surface area contributed by atoms with Gasteiger partial charge in [0.1, 0.15) is 6.10 Å². The van der Waals surface area contributed by atoms with E-state index in [1.807, 2.05) is 64.4 Å². The lowest BCUT2D eigenvalue weighted by Gasteiger charge is -2.38. The summed E-state index contributed by atoms with van der Waals surface area (Å²) < 4.78 is 19.9. The lowest BCUT2D eigenvalue weighted by atomic mass is 10.1. The number of carbonyl (C=O) groups is 1. The zero-order valence-corrected chi connectivity index (χ0v) is 15.7. The van der Waals surface area contributed by atoms with Gasteiger partial charge in [-0.25, -0.2) is 9.18 Å². The summed E-state index contributed by atoms with van der Waals surface area (Å²) in [7, 11) is 0. The summed E-state index contributed by atoms with van der Waals surface area (Å²) in [6.45, 7) is 3.13. The van der Waals surface area contributed by atoms with Gasteiger partial charge in [0, 0.05) is 37.6 Å². The van der Waals surface area contributed by atoms with Crippen LogP contribution < -0.4 is 15.5 Å². The van der Waals surface area contributed by atoms with Crippen LogP contribution in [0.4, 0.5) is 20.6 Å². The summed E-state index contributed by atoms with van der Waals surface area (Å²) >= 11 is 0. The van der Waals surface area contributed by atoms with E-state index in [2.05, 4.69) is 0 Å². The molecule has 2 atom stereocenters. The Morgan fingerprint density at radius 3 is 2.36 bits per heavy atom. The molecule has 4 rings (SSSR count). The van der Waals surface area contributed by atoms with Gasteiger partial charge in [-0.1, -0.05) is 30.3 Å². The molecule has 0 spiro atoms. The highest BCUT2D eigenvalue weighted by Gasteiger charge is 2.32. The second-order valence-corrected chi connectivity index (χ2v) is 7.21. The first-order chi connectivity index (χ1) is 13.6. The summed E-state index contributed by atoms with van der Waals surface area (Å²) in [5.41, 5.74) is 8.42. The Labute approximate surface area is 164 Å². The Balaban J connectivity index is 1.37. The maximum absolute atomic E-state index is 14.7. The van der Waals surface area contributed by atoms with E-state index in [0.717, 1.165) is 23.5 Å². The smallest absolute Gasteiger partial charge is 0.414 e. The van der Waals surface area contributed by atoms with Crippen LogP contribution in [0.25, 0.3) is 0 Å². The minimum atomic E-state index is -1.02. The maximum Gasteiger partial charge on any atom is 0.414 e. The molecule has 2 aliphatic rings. The molecular formula is C21H25FN4O2. The van der Waals surface area contributed by atoms with E-state index in [9.17, 15) is 9.18 Å². The Morgan fingerprint density at radius 1 is 1.00 bits per heavy atom. The monoisotopic (exact) mass is 384 g/mol. The van der Waals surface area contributed by atoms with Crippen LogP contribution in [0, 0.1) is 0 Å². The maximum atomic E-state index is 14.7. The number of anilines is 2. The topological polar surface area (TPSA) is 62.0 Å². The molecule has 2 aliphatic heterocycles. The van der Waals surface area contributed by atoms with Gasteiger partial charge in [0.25, 0.3) is 0 Å². The number of benzene rings is 2. The molecule has 2 saturated heterocycles. The van der Waals surface area contributed by atoms with E-state index in [1.54, 1.807) is 4.90 Å². The van der Waals surface area contributed by atoms with Crippen molar-refractivity contribution in [2.45, 2.75) is 18.9 Å². The van der Waals surface area contributed by atoms with Crippen molar-refractivity contribution in [2.24, 2.45) is 5.73 Å². The van der Waals surface area contributed by atoms with Crippen LogP contribution in [0.3, 0.4) is 0 Å². The molecule has 2 fully saturated rings. The average molecular weight is 384 g/mol. The zero-order chi connectivity index (χ0) is 19.5. The van der Waals surface area contributed by atoms with Gasteiger partial charge in [-0.2, -0.15) is 0 Å². The van der Waals surface area contributed by atoms with Crippen LogP contribution >= 0.6 is 0 Å². The van der Waals surface area contributed by atoms with Crippen molar-refractivity contribution >= 4 is 17.5 Å². The first-order valence-electron chi connectivity index (χ1n) is 9.59.